The summed E-state index contributed by atoms with van der Waals surface area (Å²) in [6, 6.07) is 0. The van der Waals surface area contributed by atoms with E-state index in [1.807, 2.05) is 0 Å². The maximum Gasteiger partial charge on any atom is 0 e. The molecular formula is C4H3N3Y2-2. The van der Waals surface area contributed by atoms with Crippen LogP contribution in [0, 0.1) is 19.6 Å². The number of hydrogen-bond donors (Lipinski definition) is 0. The van der Waals surface area contributed by atoms with E-state index in [1.54, 1.807) is 6.92 Å². The first-order valence-electron chi connectivity index (χ1n) is 1.84. The van der Waals surface area contributed by atoms with E-state index >= 15 is 0 Å². The molecule has 0 atom stereocenters. The predicted octanol–water partition coefficient (Wildman–Crippen LogP) is -0.225. The van der Waals surface area contributed by atoms with Crippen LogP contribution >= 0.6 is 0 Å². The van der Waals surface area contributed by atoms with E-state index in [0.29, 0.717) is 5.82 Å². The Morgan fingerprint density at radius 2 is 1.56 bits per heavy atom. The van der Waals surface area contributed by atoms with Crippen LogP contribution in [0.3, 0.4) is 0 Å². The molecule has 0 bridgehead atoms. The fraction of sp³-hybridized carbons (Fsp3) is 0.250. The van der Waals surface area contributed by atoms with Gasteiger partial charge in [-0.25, -0.2) is 0 Å². The van der Waals surface area contributed by atoms with Crippen LogP contribution in [-0.2, 0) is 65.4 Å². The zero-order valence-electron chi connectivity index (χ0n) is 5.00. The molecule has 2 radical (unpaired) electrons. The van der Waals surface area contributed by atoms with Gasteiger partial charge in [0.2, 0.25) is 0 Å². The van der Waals surface area contributed by atoms with Gasteiger partial charge < -0.3 is 15.0 Å². The molecule has 0 spiro atoms. The summed E-state index contributed by atoms with van der Waals surface area (Å²) in [5.41, 5.74) is 0. The molecule has 0 saturated heterocycles. The second kappa shape index (κ2) is 7.33. The van der Waals surface area contributed by atoms with Crippen LogP contribution in [-0.4, -0.2) is 15.0 Å². The van der Waals surface area contributed by atoms with Gasteiger partial charge in [-0.1, -0.05) is 6.92 Å². The summed E-state index contributed by atoms with van der Waals surface area (Å²) in [6.45, 7) is 1.76. The Morgan fingerprint density at radius 1 is 1.11 bits per heavy atom. The van der Waals surface area contributed by atoms with Crippen LogP contribution < -0.4 is 0 Å². The van der Waals surface area contributed by atoms with Crippen molar-refractivity contribution < 1.29 is 65.4 Å². The smallest absolute Gasteiger partial charge is 0 e. The molecule has 0 amide bonds. The van der Waals surface area contributed by atoms with Gasteiger partial charge in [0.05, 0.1) is 0 Å². The molecule has 1 heterocycles. The maximum absolute atomic E-state index is 3.60. The van der Waals surface area contributed by atoms with Crippen molar-refractivity contribution in [2.75, 3.05) is 0 Å². The Balaban J connectivity index is 0. The second-order valence-electron chi connectivity index (χ2n) is 1.08. The largest absolute Gasteiger partial charge is 0.505 e. The standard InChI is InChI=1S/C4H3N3.2Y/c1-4-6-2-5-3-7-4;;/h1H3;;/q-2;;. The van der Waals surface area contributed by atoms with Gasteiger partial charge in [0.25, 0.3) is 0 Å². The van der Waals surface area contributed by atoms with Crippen LogP contribution in [0.5, 0.6) is 0 Å². The summed E-state index contributed by atoms with van der Waals surface area (Å²) in [4.78, 5) is 10.6. The third kappa shape index (κ3) is 5.65. The molecule has 0 aliphatic carbocycles. The molecular weight excluding hydrogens is 268 g/mol. The molecule has 3 nitrogen and oxygen atoms in total. The van der Waals surface area contributed by atoms with Crippen LogP contribution in [0.2, 0.25) is 0 Å². The fourth-order valence-electron chi connectivity index (χ4n) is 0.242. The van der Waals surface area contributed by atoms with Gasteiger partial charge in [0.1, 0.15) is 0 Å². The normalized spacial score (nSPS) is 6.78. The Bertz CT molecular complexity index is 144. The summed E-state index contributed by atoms with van der Waals surface area (Å²) in [6.07, 6.45) is 4.69. The molecule has 1 rings (SSSR count). The van der Waals surface area contributed by atoms with E-state index in [4.69, 9.17) is 0 Å². The molecule has 5 heteroatoms. The maximum atomic E-state index is 3.60. The monoisotopic (exact) mass is 271 g/mol. The Morgan fingerprint density at radius 3 is 1.78 bits per heavy atom. The first kappa shape index (κ1) is 12.9. The first-order chi connectivity index (χ1) is 3.39. The number of aryl methyl sites for hydroxylation is 1. The molecule has 0 aliphatic heterocycles. The van der Waals surface area contributed by atoms with Crippen LogP contribution in [0.4, 0.5) is 0 Å². The van der Waals surface area contributed by atoms with Gasteiger partial charge in [0.15, 0.2) is 0 Å². The van der Waals surface area contributed by atoms with Crippen molar-refractivity contribution in [2.24, 2.45) is 0 Å². The average Bonchev–Trinajstić information content (AvgIpc) is 1.69. The number of rotatable bonds is 0. The molecule has 1 aromatic heterocycles. The van der Waals surface area contributed by atoms with E-state index < -0.39 is 0 Å². The van der Waals surface area contributed by atoms with Crippen molar-refractivity contribution >= 4 is 0 Å². The first-order valence-corrected chi connectivity index (χ1v) is 1.84. The zero-order chi connectivity index (χ0) is 5.11. The van der Waals surface area contributed by atoms with Crippen LogP contribution in [0.15, 0.2) is 0 Å². The van der Waals surface area contributed by atoms with Crippen LogP contribution in [0.25, 0.3) is 0 Å². The summed E-state index contributed by atoms with van der Waals surface area (Å²) in [5, 5.41) is 0. The van der Waals surface area contributed by atoms with Crippen molar-refractivity contribution in [1.29, 1.82) is 0 Å². The molecule has 0 aliphatic rings. The minimum atomic E-state index is 0. The number of aromatic nitrogens is 3. The number of nitrogens with zero attached hydrogens (tertiary/aromatic N) is 3. The van der Waals surface area contributed by atoms with Crippen molar-refractivity contribution in [3.05, 3.63) is 18.5 Å². The van der Waals surface area contributed by atoms with Gasteiger partial charge in [-0.15, -0.1) is 5.82 Å². The molecule has 42 valence electrons. The minimum absolute atomic E-state index is 0. The SMILES string of the molecule is Cc1n[c-]n[c-]n1.[Y].[Y]. The van der Waals surface area contributed by atoms with Crippen molar-refractivity contribution in [1.82, 2.24) is 15.0 Å². The van der Waals surface area contributed by atoms with Gasteiger partial charge in [-0.3, -0.25) is 0 Å². The molecule has 0 saturated carbocycles. The van der Waals surface area contributed by atoms with E-state index in [2.05, 4.69) is 27.6 Å². The second-order valence-corrected chi connectivity index (χ2v) is 1.08. The molecule has 1 aromatic rings. The third-order valence-corrected chi connectivity index (χ3v) is 0.524. The summed E-state index contributed by atoms with van der Waals surface area (Å²) in [7, 11) is 0. The average molecular weight is 271 g/mol. The summed E-state index contributed by atoms with van der Waals surface area (Å²) < 4.78 is 0. The Hall–Kier alpha value is 1.22. The Kier molecular flexibility index (Phi) is 10.5. The molecule has 0 fully saturated rings. The fourth-order valence-corrected chi connectivity index (χ4v) is 0.242. The van der Waals surface area contributed by atoms with Crippen molar-refractivity contribution in [3.63, 3.8) is 0 Å². The quantitative estimate of drug-likeness (QED) is 0.612. The van der Waals surface area contributed by atoms with E-state index in [1.165, 1.54) is 0 Å². The number of hydrogen-bond acceptors (Lipinski definition) is 3. The van der Waals surface area contributed by atoms with Crippen LogP contribution in [0.1, 0.15) is 5.82 Å². The van der Waals surface area contributed by atoms with Crippen molar-refractivity contribution in [2.45, 2.75) is 6.92 Å². The molecule has 0 N–H and O–H groups in total. The van der Waals surface area contributed by atoms with Gasteiger partial charge in [-0.05, 0) is 0 Å². The van der Waals surface area contributed by atoms with E-state index in [-0.39, 0.29) is 65.4 Å². The topological polar surface area (TPSA) is 38.7 Å². The van der Waals surface area contributed by atoms with Gasteiger partial charge in [0, 0.05) is 65.4 Å². The summed E-state index contributed by atoms with van der Waals surface area (Å²) >= 11 is 0. The molecule has 9 heavy (non-hydrogen) atoms. The zero-order valence-corrected chi connectivity index (χ0v) is 10.7. The van der Waals surface area contributed by atoms with Gasteiger partial charge >= 0.3 is 0 Å². The molecule has 0 unspecified atom stereocenters. The predicted molar refractivity (Wildman–Crippen MR) is 22.2 cm³/mol. The van der Waals surface area contributed by atoms with Crippen molar-refractivity contribution in [3.8, 4) is 0 Å². The summed E-state index contributed by atoms with van der Waals surface area (Å²) in [5.74, 6) is 0.648. The minimum Gasteiger partial charge on any atom is -0.505 e. The Labute approximate surface area is 104 Å². The third-order valence-electron chi connectivity index (χ3n) is 0.524. The van der Waals surface area contributed by atoms with E-state index in [0.717, 1.165) is 0 Å². The van der Waals surface area contributed by atoms with Gasteiger partial charge in [-0.2, -0.15) is 12.7 Å². The van der Waals surface area contributed by atoms with E-state index in [9.17, 15) is 0 Å². The molecule has 0 aromatic carbocycles.